The van der Waals surface area contributed by atoms with E-state index in [0.717, 1.165) is 0 Å². The van der Waals surface area contributed by atoms with Crippen molar-refractivity contribution in [3.8, 4) is 11.5 Å². The summed E-state index contributed by atoms with van der Waals surface area (Å²) in [6.45, 7) is 6.15. The average Bonchev–Trinajstić information content (AvgIpc) is 3.06. The first kappa shape index (κ1) is 23.4. The fourth-order valence-electron chi connectivity index (χ4n) is 2.95. The first-order valence-corrected chi connectivity index (χ1v) is 10.8. The molecule has 166 valence electrons. The lowest BCUT2D eigenvalue weighted by Crippen LogP contribution is -2.28. The number of carbonyl (C=O) groups is 2. The van der Waals surface area contributed by atoms with Gasteiger partial charge in [0, 0.05) is 6.54 Å². The van der Waals surface area contributed by atoms with Crippen LogP contribution in [0.15, 0.2) is 59.0 Å². The summed E-state index contributed by atoms with van der Waals surface area (Å²) < 4.78 is 10.9. The van der Waals surface area contributed by atoms with Crippen LogP contribution in [0.5, 0.6) is 11.5 Å². The van der Waals surface area contributed by atoms with Crippen LogP contribution in [0.3, 0.4) is 0 Å². The second-order valence-corrected chi connectivity index (χ2v) is 7.96. The monoisotopic (exact) mass is 472 g/mol. The highest BCUT2D eigenvalue weighted by atomic mass is 35.5. The van der Waals surface area contributed by atoms with Crippen LogP contribution in [0.4, 0.5) is 5.69 Å². The Hall–Kier alpha value is -3.23. The van der Waals surface area contributed by atoms with Crippen molar-refractivity contribution >= 4 is 52.2 Å². The predicted molar refractivity (Wildman–Crippen MR) is 127 cm³/mol. The minimum atomic E-state index is -1.04. The second kappa shape index (κ2) is 10.4. The molecule has 1 N–H and O–H groups in total. The molecule has 0 spiro atoms. The van der Waals surface area contributed by atoms with E-state index >= 15 is 0 Å². The molecular weight excluding hydrogens is 452 g/mol. The van der Waals surface area contributed by atoms with Gasteiger partial charge >= 0.3 is 5.97 Å². The number of aromatic carboxylic acids is 1. The topological polar surface area (TPSA) is 88.4 Å². The number of ether oxygens (including phenoxy) is 2. The Morgan fingerprint density at radius 2 is 2.12 bits per heavy atom. The fourth-order valence-corrected chi connectivity index (χ4v) is 4.28. The quantitative estimate of drug-likeness (QED) is 0.417. The number of halogens is 1. The minimum absolute atomic E-state index is 0.125. The highest BCUT2D eigenvalue weighted by Crippen LogP contribution is 2.39. The van der Waals surface area contributed by atoms with Gasteiger partial charge in [0.2, 0.25) is 0 Å². The summed E-state index contributed by atoms with van der Waals surface area (Å²) in [6, 6.07) is 9.66. The Balaban J connectivity index is 1.95. The Bertz CT molecular complexity index is 1130. The van der Waals surface area contributed by atoms with Crippen molar-refractivity contribution in [1.82, 2.24) is 4.90 Å². The first-order chi connectivity index (χ1) is 15.4. The number of hydrogen-bond donors (Lipinski definition) is 1. The summed E-state index contributed by atoms with van der Waals surface area (Å²) in [5.41, 5.74) is 1.24. The van der Waals surface area contributed by atoms with E-state index in [1.165, 1.54) is 35.9 Å². The molecule has 1 saturated heterocycles. The lowest BCUT2D eigenvalue weighted by atomic mass is 10.1. The van der Waals surface area contributed by atoms with Crippen LogP contribution in [-0.2, 0) is 4.79 Å². The van der Waals surface area contributed by atoms with Crippen molar-refractivity contribution in [2.24, 2.45) is 4.99 Å². The van der Waals surface area contributed by atoms with Gasteiger partial charge in [-0.1, -0.05) is 30.3 Å². The van der Waals surface area contributed by atoms with E-state index in [0.29, 0.717) is 44.4 Å². The lowest BCUT2D eigenvalue weighted by molar-refractivity contribution is -0.122. The van der Waals surface area contributed by atoms with Crippen LogP contribution >= 0.6 is 23.4 Å². The molecule has 0 atom stereocenters. The number of aliphatic imine (C=N–C) groups is 1. The van der Waals surface area contributed by atoms with Gasteiger partial charge in [-0.15, -0.1) is 0 Å². The zero-order valence-corrected chi connectivity index (χ0v) is 19.1. The average molecular weight is 473 g/mol. The van der Waals surface area contributed by atoms with Crippen molar-refractivity contribution in [1.29, 1.82) is 0 Å². The Morgan fingerprint density at radius 1 is 1.34 bits per heavy atom. The molecule has 0 aliphatic carbocycles. The summed E-state index contributed by atoms with van der Waals surface area (Å²) in [4.78, 5) is 30.6. The SMILES string of the molecule is C=CCOc1c(Cl)cc(/C=C2\SC(=Nc3cccc(C(=O)O)c3)N(CC)C2=O)cc1OC. The van der Waals surface area contributed by atoms with E-state index in [2.05, 4.69) is 11.6 Å². The standard InChI is InChI=1S/C23H21ClN2O5S/c1-4-9-31-20-17(24)10-14(11-18(20)30-3)12-19-21(27)26(5-2)23(32-19)25-16-8-6-7-15(13-16)22(28)29/h4,6-8,10-13H,1,5,9H2,2-3H3,(H,28,29)/b19-12-,25-23?. The molecule has 1 aliphatic heterocycles. The van der Waals surface area contributed by atoms with E-state index in [4.69, 9.17) is 21.1 Å². The zero-order valence-electron chi connectivity index (χ0n) is 17.5. The van der Waals surface area contributed by atoms with E-state index in [9.17, 15) is 14.7 Å². The van der Waals surface area contributed by atoms with Gasteiger partial charge in [-0.05, 0) is 60.7 Å². The number of hydrogen-bond acceptors (Lipinski definition) is 6. The molecule has 32 heavy (non-hydrogen) atoms. The van der Waals surface area contributed by atoms with Crippen LogP contribution in [0.25, 0.3) is 6.08 Å². The van der Waals surface area contributed by atoms with Crippen molar-refractivity contribution in [3.05, 3.63) is 70.1 Å². The minimum Gasteiger partial charge on any atom is -0.493 e. The van der Waals surface area contributed by atoms with E-state index in [1.54, 1.807) is 36.4 Å². The number of benzene rings is 2. The van der Waals surface area contributed by atoms with Gasteiger partial charge in [0.25, 0.3) is 5.91 Å². The van der Waals surface area contributed by atoms with E-state index in [-0.39, 0.29) is 18.1 Å². The van der Waals surface area contributed by atoms with Crippen molar-refractivity contribution in [3.63, 3.8) is 0 Å². The number of amides is 1. The van der Waals surface area contributed by atoms with Crippen molar-refractivity contribution in [2.75, 3.05) is 20.3 Å². The number of nitrogens with zero attached hydrogens (tertiary/aromatic N) is 2. The molecule has 2 aromatic carbocycles. The molecule has 1 heterocycles. The number of carboxylic acids is 1. The first-order valence-electron chi connectivity index (χ1n) is 9.62. The van der Waals surface area contributed by atoms with Crippen LogP contribution in [0, 0.1) is 0 Å². The number of rotatable bonds is 8. The van der Waals surface area contributed by atoms with Crippen LogP contribution in [-0.4, -0.2) is 47.3 Å². The number of carboxylic acid groups (broad SMARTS) is 1. The third-order valence-corrected chi connectivity index (χ3v) is 5.70. The fraction of sp³-hybridized carbons (Fsp3) is 0.174. The summed E-state index contributed by atoms with van der Waals surface area (Å²) >= 11 is 7.57. The van der Waals surface area contributed by atoms with Gasteiger partial charge < -0.3 is 14.6 Å². The van der Waals surface area contributed by atoms with Crippen molar-refractivity contribution < 1.29 is 24.2 Å². The molecule has 0 unspecified atom stereocenters. The summed E-state index contributed by atoms with van der Waals surface area (Å²) in [5, 5.41) is 10.0. The largest absolute Gasteiger partial charge is 0.493 e. The smallest absolute Gasteiger partial charge is 0.335 e. The molecule has 2 aromatic rings. The number of likely N-dealkylation sites (N-methyl/N-ethyl adjacent to an activating group) is 1. The van der Waals surface area contributed by atoms with Gasteiger partial charge in [0.1, 0.15) is 6.61 Å². The zero-order chi connectivity index (χ0) is 23.3. The highest BCUT2D eigenvalue weighted by Gasteiger charge is 2.32. The molecule has 1 fully saturated rings. The Kier molecular flexibility index (Phi) is 7.61. The maximum Gasteiger partial charge on any atom is 0.335 e. The van der Waals surface area contributed by atoms with Crippen LogP contribution in [0.2, 0.25) is 5.02 Å². The molecule has 0 aromatic heterocycles. The molecule has 1 aliphatic rings. The number of thioether (sulfide) groups is 1. The van der Waals surface area contributed by atoms with Crippen LogP contribution in [0.1, 0.15) is 22.8 Å². The van der Waals surface area contributed by atoms with Gasteiger partial charge in [-0.3, -0.25) is 9.69 Å². The molecule has 7 nitrogen and oxygen atoms in total. The van der Waals surface area contributed by atoms with Gasteiger partial charge in [-0.25, -0.2) is 9.79 Å². The molecule has 0 radical (unpaired) electrons. The molecular formula is C23H21ClN2O5S. The van der Waals surface area contributed by atoms with Crippen molar-refractivity contribution in [2.45, 2.75) is 6.92 Å². The summed E-state index contributed by atoms with van der Waals surface area (Å²) in [7, 11) is 1.51. The number of carbonyl (C=O) groups excluding carboxylic acids is 1. The molecule has 0 bridgehead atoms. The van der Waals surface area contributed by atoms with E-state index in [1.807, 2.05) is 6.92 Å². The maximum atomic E-state index is 12.9. The van der Waals surface area contributed by atoms with Crippen LogP contribution < -0.4 is 9.47 Å². The normalized spacial score (nSPS) is 16.0. The van der Waals surface area contributed by atoms with E-state index < -0.39 is 5.97 Å². The number of amidine groups is 1. The second-order valence-electron chi connectivity index (χ2n) is 6.54. The highest BCUT2D eigenvalue weighted by molar-refractivity contribution is 8.18. The molecule has 3 rings (SSSR count). The molecule has 9 heteroatoms. The number of methoxy groups -OCH3 is 1. The third-order valence-electron chi connectivity index (χ3n) is 4.42. The summed E-state index contributed by atoms with van der Waals surface area (Å²) in [5.74, 6) is -0.403. The Labute approximate surface area is 195 Å². The van der Waals surface area contributed by atoms with Gasteiger partial charge in [0.15, 0.2) is 16.7 Å². The predicted octanol–water partition coefficient (Wildman–Crippen LogP) is 5.24. The van der Waals surface area contributed by atoms with Gasteiger partial charge in [0.05, 0.1) is 28.3 Å². The Morgan fingerprint density at radius 3 is 2.78 bits per heavy atom. The summed E-state index contributed by atoms with van der Waals surface area (Å²) in [6.07, 6.45) is 3.31. The molecule has 0 saturated carbocycles. The van der Waals surface area contributed by atoms with Gasteiger partial charge in [-0.2, -0.15) is 0 Å². The lowest BCUT2D eigenvalue weighted by Gasteiger charge is -2.12. The maximum absolute atomic E-state index is 12.9. The third kappa shape index (κ3) is 5.15. The molecule has 1 amide bonds.